The Hall–Kier alpha value is -2.64. The molecule has 0 aromatic heterocycles. The van der Waals surface area contributed by atoms with Crippen LogP contribution in [0.15, 0.2) is 59.5 Å². The van der Waals surface area contributed by atoms with E-state index in [-0.39, 0.29) is 11.8 Å². The number of methoxy groups -OCH3 is 1. The van der Waals surface area contributed by atoms with Gasteiger partial charge in [0.15, 0.2) is 0 Å². The maximum Gasteiger partial charge on any atom is 0.266 e. The van der Waals surface area contributed by atoms with Crippen LogP contribution in [0.4, 0.5) is 0 Å². The molecule has 29 heavy (non-hydrogen) atoms. The zero-order valence-corrected chi connectivity index (χ0v) is 17.7. The van der Waals surface area contributed by atoms with Gasteiger partial charge in [0.2, 0.25) is 5.91 Å². The second-order valence-electron chi connectivity index (χ2n) is 6.45. The molecule has 1 fully saturated rings. The minimum atomic E-state index is -0.138. The van der Waals surface area contributed by atoms with Gasteiger partial charge in [-0.2, -0.15) is 0 Å². The SMILES string of the molecule is COc1cccc(/C=C2/SC(=S)N(CCNC(=O)CCc3ccccc3)C2=O)c1. The molecule has 0 radical (unpaired) electrons. The summed E-state index contributed by atoms with van der Waals surface area (Å²) in [5, 5.41) is 2.86. The number of ether oxygens (including phenoxy) is 1. The Bertz CT molecular complexity index is 929. The number of rotatable bonds is 8. The van der Waals surface area contributed by atoms with Gasteiger partial charge in [-0.3, -0.25) is 14.5 Å². The van der Waals surface area contributed by atoms with Gasteiger partial charge < -0.3 is 10.1 Å². The van der Waals surface area contributed by atoms with Crippen LogP contribution in [0.3, 0.4) is 0 Å². The van der Waals surface area contributed by atoms with Crippen molar-refractivity contribution in [2.24, 2.45) is 0 Å². The molecular formula is C22H22N2O3S2. The van der Waals surface area contributed by atoms with E-state index in [1.807, 2.05) is 54.6 Å². The molecule has 150 valence electrons. The van der Waals surface area contributed by atoms with Crippen LogP contribution in [-0.2, 0) is 16.0 Å². The molecule has 1 aliphatic heterocycles. The van der Waals surface area contributed by atoms with E-state index in [4.69, 9.17) is 17.0 Å². The van der Waals surface area contributed by atoms with Crippen molar-refractivity contribution in [3.63, 3.8) is 0 Å². The Morgan fingerprint density at radius 1 is 1.21 bits per heavy atom. The van der Waals surface area contributed by atoms with Crippen LogP contribution in [0.5, 0.6) is 5.75 Å². The molecule has 2 aromatic carbocycles. The molecule has 2 amide bonds. The Morgan fingerprint density at radius 3 is 2.76 bits per heavy atom. The van der Waals surface area contributed by atoms with Gasteiger partial charge in [0.05, 0.1) is 12.0 Å². The van der Waals surface area contributed by atoms with E-state index in [9.17, 15) is 9.59 Å². The second-order valence-corrected chi connectivity index (χ2v) is 8.12. The van der Waals surface area contributed by atoms with Crippen molar-refractivity contribution < 1.29 is 14.3 Å². The molecule has 0 aliphatic carbocycles. The molecule has 0 unspecified atom stereocenters. The van der Waals surface area contributed by atoms with Crippen LogP contribution in [-0.4, -0.2) is 41.2 Å². The zero-order valence-electron chi connectivity index (χ0n) is 16.1. The highest BCUT2D eigenvalue weighted by Crippen LogP contribution is 2.32. The van der Waals surface area contributed by atoms with E-state index < -0.39 is 0 Å². The van der Waals surface area contributed by atoms with E-state index in [1.54, 1.807) is 13.2 Å². The van der Waals surface area contributed by atoms with Crippen molar-refractivity contribution in [1.82, 2.24) is 10.2 Å². The summed E-state index contributed by atoms with van der Waals surface area (Å²) < 4.78 is 5.72. The topological polar surface area (TPSA) is 58.6 Å². The fourth-order valence-electron chi connectivity index (χ4n) is 2.87. The van der Waals surface area contributed by atoms with E-state index in [0.29, 0.717) is 35.2 Å². The molecule has 0 atom stereocenters. The van der Waals surface area contributed by atoms with Gasteiger partial charge >= 0.3 is 0 Å². The van der Waals surface area contributed by atoms with Crippen LogP contribution in [0.1, 0.15) is 17.5 Å². The van der Waals surface area contributed by atoms with E-state index >= 15 is 0 Å². The number of carbonyl (C=O) groups is 2. The third kappa shape index (κ3) is 5.92. The lowest BCUT2D eigenvalue weighted by atomic mass is 10.1. The molecule has 0 spiro atoms. The summed E-state index contributed by atoms with van der Waals surface area (Å²) in [6.07, 6.45) is 2.91. The monoisotopic (exact) mass is 426 g/mol. The molecule has 1 saturated heterocycles. The van der Waals surface area contributed by atoms with Crippen LogP contribution >= 0.6 is 24.0 Å². The predicted octanol–water partition coefficient (Wildman–Crippen LogP) is 3.65. The smallest absolute Gasteiger partial charge is 0.266 e. The molecule has 3 rings (SSSR count). The largest absolute Gasteiger partial charge is 0.497 e. The summed E-state index contributed by atoms with van der Waals surface area (Å²) in [5.74, 6) is 0.556. The third-order valence-corrected chi connectivity index (χ3v) is 5.78. The van der Waals surface area contributed by atoms with E-state index in [1.165, 1.54) is 16.7 Å². The fourth-order valence-corrected chi connectivity index (χ4v) is 4.18. The minimum Gasteiger partial charge on any atom is -0.497 e. The van der Waals surface area contributed by atoms with Crippen molar-refractivity contribution in [1.29, 1.82) is 0 Å². The summed E-state index contributed by atoms with van der Waals surface area (Å²) in [7, 11) is 1.60. The molecule has 1 heterocycles. The lowest BCUT2D eigenvalue weighted by Crippen LogP contribution is -2.37. The van der Waals surface area contributed by atoms with Crippen LogP contribution in [0.2, 0.25) is 0 Å². The first-order valence-corrected chi connectivity index (χ1v) is 10.5. The maximum atomic E-state index is 12.7. The average molecular weight is 427 g/mol. The van der Waals surface area contributed by atoms with Gasteiger partial charge in [-0.25, -0.2) is 0 Å². The molecule has 1 N–H and O–H groups in total. The summed E-state index contributed by atoms with van der Waals surface area (Å²) in [5.41, 5.74) is 2.00. The molecule has 7 heteroatoms. The standard InChI is InChI=1S/C22H22N2O3S2/c1-27-18-9-5-8-17(14-18)15-19-21(26)24(22(28)29-19)13-12-23-20(25)11-10-16-6-3-2-4-7-16/h2-9,14-15H,10-13H2,1H3,(H,23,25)/b19-15+. The summed E-state index contributed by atoms with van der Waals surface area (Å²) >= 11 is 6.62. The maximum absolute atomic E-state index is 12.7. The Kier molecular flexibility index (Phi) is 7.43. The zero-order chi connectivity index (χ0) is 20.6. The van der Waals surface area contributed by atoms with E-state index in [0.717, 1.165) is 16.9 Å². The number of aryl methyl sites for hydroxylation is 1. The number of nitrogens with zero attached hydrogens (tertiary/aromatic N) is 1. The van der Waals surface area contributed by atoms with Crippen molar-refractivity contribution in [2.75, 3.05) is 20.2 Å². The first-order valence-electron chi connectivity index (χ1n) is 9.27. The van der Waals surface area contributed by atoms with E-state index in [2.05, 4.69) is 5.32 Å². The number of hydrogen-bond donors (Lipinski definition) is 1. The number of carbonyl (C=O) groups excluding carboxylic acids is 2. The number of nitrogens with one attached hydrogen (secondary N) is 1. The number of amides is 2. The highest BCUT2D eigenvalue weighted by Gasteiger charge is 2.31. The third-order valence-electron chi connectivity index (χ3n) is 4.41. The fraction of sp³-hybridized carbons (Fsp3) is 0.227. The normalized spacial score (nSPS) is 15.1. The molecule has 2 aromatic rings. The van der Waals surface area contributed by atoms with Crippen molar-refractivity contribution >= 4 is 46.2 Å². The summed E-state index contributed by atoms with van der Waals surface area (Å²) in [6.45, 7) is 0.726. The highest BCUT2D eigenvalue weighted by molar-refractivity contribution is 8.26. The Labute approximate surface area is 180 Å². The van der Waals surface area contributed by atoms with Gasteiger partial charge in [-0.1, -0.05) is 66.4 Å². The number of thioether (sulfide) groups is 1. The Morgan fingerprint density at radius 2 is 2.00 bits per heavy atom. The lowest BCUT2D eigenvalue weighted by molar-refractivity contribution is -0.123. The minimum absolute atomic E-state index is 0.0359. The molecule has 5 nitrogen and oxygen atoms in total. The van der Waals surface area contributed by atoms with Crippen molar-refractivity contribution in [3.05, 3.63) is 70.6 Å². The average Bonchev–Trinajstić information content (AvgIpc) is 3.00. The molecule has 0 saturated carbocycles. The van der Waals surface area contributed by atoms with Crippen LogP contribution < -0.4 is 10.1 Å². The number of hydrogen-bond acceptors (Lipinski definition) is 5. The molecular weight excluding hydrogens is 404 g/mol. The van der Waals surface area contributed by atoms with Gasteiger partial charge in [0, 0.05) is 19.5 Å². The number of benzene rings is 2. The predicted molar refractivity (Wildman–Crippen MR) is 121 cm³/mol. The van der Waals surface area contributed by atoms with Gasteiger partial charge in [-0.05, 0) is 35.8 Å². The Balaban J connectivity index is 1.49. The first-order chi connectivity index (χ1) is 14.1. The van der Waals surface area contributed by atoms with Crippen molar-refractivity contribution in [3.8, 4) is 5.75 Å². The highest BCUT2D eigenvalue weighted by atomic mass is 32.2. The second kappa shape index (κ2) is 10.2. The molecule has 0 bridgehead atoms. The first kappa shape index (κ1) is 21.1. The van der Waals surface area contributed by atoms with Crippen LogP contribution in [0, 0.1) is 0 Å². The summed E-state index contributed by atoms with van der Waals surface area (Å²) in [6, 6.07) is 17.4. The number of thiocarbonyl (C=S) groups is 1. The van der Waals surface area contributed by atoms with Crippen LogP contribution in [0.25, 0.3) is 6.08 Å². The summed E-state index contributed by atoms with van der Waals surface area (Å²) in [4.78, 5) is 26.8. The van der Waals surface area contributed by atoms with Gasteiger partial charge in [0.1, 0.15) is 10.1 Å². The van der Waals surface area contributed by atoms with Crippen molar-refractivity contribution in [2.45, 2.75) is 12.8 Å². The van der Waals surface area contributed by atoms with Gasteiger partial charge in [-0.15, -0.1) is 0 Å². The van der Waals surface area contributed by atoms with Gasteiger partial charge in [0.25, 0.3) is 5.91 Å². The molecule has 1 aliphatic rings. The quantitative estimate of drug-likeness (QED) is 0.516. The lowest BCUT2D eigenvalue weighted by Gasteiger charge is -2.14.